The molecule has 1 aliphatic heterocycles. The first-order valence-corrected chi connectivity index (χ1v) is 5.15. The summed E-state index contributed by atoms with van der Waals surface area (Å²) in [6.07, 6.45) is 0. The Morgan fingerprint density at radius 1 is 1.36 bits per heavy atom. The first-order chi connectivity index (χ1) is 6.77. The van der Waals surface area contributed by atoms with Crippen LogP contribution in [0.3, 0.4) is 0 Å². The lowest BCUT2D eigenvalue weighted by Crippen LogP contribution is -2.34. The van der Waals surface area contributed by atoms with Gasteiger partial charge in [0.15, 0.2) is 0 Å². The average Bonchev–Trinajstić information content (AvgIpc) is 2.23. The first kappa shape index (κ1) is 9.69. The van der Waals surface area contributed by atoms with Crippen molar-refractivity contribution in [3.05, 3.63) is 34.9 Å². The Morgan fingerprint density at radius 2 is 2.21 bits per heavy atom. The molecule has 0 aromatic heterocycles. The van der Waals surface area contributed by atoms with Crippen LogP contribution in [0, 0.1) is 13.8 Å². The number of benzene rings is 1. The molecule has 0 aliphatic carbocycles. The van der Waals surface area contributed by atoms with Gasteiger partial charge < -0.3 is 10.1 Å². The largest absolute Gasteiger partial charge is 0.378 e. The third-order valence-electron chi connectivity index (χ3n) is 2.73. The van der Waals surface area contributed by atoms with Crippen molar-refractivity contribution in [1.29, 1.82) is 0 Å². The fourth-order valence-electron chi connectivity index (χ4n) is 1.90. The van der Waals surface area contributed by atoms with Crippen molar-refractivity contribution in [2.24, 2.45) is 0 Å². The van der Waals surface area contributed by atoms with Crippen LogP contribution in [0.15, 0.2) is 18.2 Å². The highest BCUT2D eigenvalue weighted by atomic mass is 16.5. The smallest absolute Gasteiger partial charge is 0.0662 e. The Hall–Kier alpha value is -0.860. The molecule has 0 spiro atoms. The Labute approximate surface area is 85.3 Å². The van der Waals surface area contributed by atoms with Crippen LogP contribution in [-0.4, -0.2) is 19.8 Å². The van der Waals surface area contributed by atoms with Crippen LogP contribution >= 0.6 is 0 Å². The van der Waals surface area contributed by atoms with E-state index in [9.17, 15) is 0 Å². The second-order valence-electron chi connectivity index (χ2n) is 3.94. The normalized spacial score (nSPS) is 22.3. The zero-order valence-corrected chi connectivity index (χ0v) is 8.84. The van der Waals surface area contributed by atoms with Crippen molar-refractivity contribution in [2.45, 2.75) is 19.9 Å². The minimum Gasteiger partial charge on any atom is -0.378 e. The van der Waals surface area contributed by atoms with E-state index in [1.807, 2.05) is 0 Å². The molecular weight excluding hydrogens is 174 g/mol. The monoisotopic (exact) mass is 191 g/mol. The number of hydrogen-bond acceptors (Lipinski definition) is 2. The van der Waals surface area contributed by atoms with E-state index in [2.05, 4.69) is 37.4 Å². The van der Waals surface area contributed by atoms with Crippen LogP contribution in [0.5, 0.6) is 0 Å². The third-order valence-corrected chi connectivity index (χ3v) is 2.73. The Morgan fingerprint density at radius 3 is 2.93 bits per heavy atom. The number of nitrogens with one attached hydrogen (secondary N) is 1. The van der Waals surface area contributed by atoms with Crippen LogP contribution < -0.4 is 5.32 Å². The highest BCUT2D eigenvalue weighted by Crippen LogP contribution is 2.20. The number of rotatable bonds is 1. The van der Waals surface area contributed by atoms with Crippen molar-refractivity contribution in [3.8, 4) is 0 Å². The quantitative estimate of drug-likeness (QED) is 0.732. The van der Waals surface area contributed by atoms with Crippen molar-refractivity contribution < 1.29 is 4.74 Å². The van der Waals surface area contributed by atoms with E-state index in [4.69, 9.17) is 4.74 Å². The van der Waals surface area contributed by atoms with Gasteiger partial charge in [-0.05, 0) is 25.0 Å². The predicted octanol–water partition coefficient (Wildman–Crippen LogP) is 1.96. The van der Waals surface area contributed by atoms with Gasteiger partial charge in [0.25, 0.3) is 0 Å². The van der Waals surface area contributed by atoms with Crippen LogP contribution in [-0.2, 0) is 4.74 Å². The van der Waals surface area contributed by atoms with E-state index in [1.54, 1.807) is 0 Å². The number of hydrogen-bond donors (Lipinski definition) is 1. The van der Waals surface area contributed by atoms with E-state index >= 15 is 0 Å². The third kappa shape index (κ3) is 1.97. The summed E-state index contributed by atoms with van der Waals surface area (Å²) >= 11 is 0. The summed E-state index contributed by atoms with van der Waals surface area (Å²) in [6, 6.07) is 6.97. The zero-order chi connectivity index (χ0) is 9.97. The van der Waals surface area contributed by atoms with Gasteiger partial charge in [-0.1, -0.05) is 23.8 Å². The Bertz CT molecular complexity index is 316. The van der Waals surface area contributed by atoms with Crippen molar-refractivity contribution >= 4 is 0 Å². The molecule has 1 heterocycles. The van der Waals surface area contributed by atoms with E-state index in [-0.39, 0.29) is 0 Å². The number of aryl methyl sites for hydroxylation is 2. The zero-order valence-electron chi connectivity index (χ0n) is 8.84. The molecule has 1 atom stereocenters. The highest BCUT2D eigenvalue weighted by Gasteiger charge is 2.16. The maximum absolute atomic E-state index is 5.47. The molecule has 2 heteroatoms. The molecule has 1 aliphatic rings. The van der Waals surface area contributed by atoms with Crippen LogP contribution in [0.2, 0.25) is 0 Å². The lowest BCUT2D eigenvalue weighted by Gasteiger charge is -2.25. The summed E-state index contributed by atoms with van der Waals surface area (Å²) in [4.78, 5) is 0. The summed E-state index contributed by atoms with van der Waals surface area (Å²) in [5, 5.41) is 3.48. The molecule has 1 aromatic rings. The van der Waals surface area contributed by atoms with Crippen LogP contribution in [0.1, 0.15) is 22.7 Å². The van der Waals surface area contributed by atoms with Gasteiger partial charge in [-0.15, -0.1) is 0 Å². The van der Waals surface area contributed by atoms with E-state index < -0.39 is 0 Å². The molecule has 0 bridgehead atoms. The molecule has 76 valence electrons. The minimum absolute atomic E-state index is 0.378. The Balaban J connectivity index is 2.24. The van der Waals surface area contributed by atoms with E-state index in [0.29, 0.717) is 6.04 Å². The summed E-state index contributed by atoms with van der Waals surface area (Å²) < 4.78 is 5.47. The molecule has 1 fully saturated rings. The van der Waals surface area contributed by atoms with Gasteiger partial charge >= 0.3 is 0 Å². The van der Waals surface area contributed by atoms with Gasteiger partial charge in [0.05, 0.1) is 19.3 Å². The van der Waals surface area contributed by atoms with Crippen molar-refractivity contribution in [2.75, 3.05) is 19.8 Å². The molecule has 1 saturated heterocycles. The molecule has 2 rings (SSSR count). The van der Waals surface area contributed by atoms with Gasteiger partial charge in [-0.25, -0.2) is 0 Å². The fraction of sp³-hybridized carbons (Fsp3) is 0.500. The van der Waals surface area contributed by atoms with Gasteiger partial charge in [0.1, 0.15) is 0 Å². The summed E-state index contributed by atoms with van der Waals surface area (Å²) in [6.45, 7) is 6.88. The molecule has 0 radical (unpaired) electrons. The van der Waals surface area contributed by atoms with Crippen molar-refractivity contribution in [1.82, 2.24) is 5.32 Å². The molecule has 0 saturated carbocycles. The van der Waals surface area contributed by atoms with E-state index in [0.717, 1.165) is 19.8 Å². The molecular formula is C12H17NO. The molecule has 2 nitrogen and oxygen atoms in total. The van der Waals surface area contributed by atoms with Crippen LogP contribution in [0.25, 0.3) is 0 Å². The molecule has 0 amide bonds. The number of ether oxygens (including phenoxy) is 1. The van der Waals surface area contributed by atoms with Crippen molar-refractivity contribution in [3.63, 3.8) is 0 Å². The second-order valence-corrected chi connectivity index (χ2v) is 3.94. The lowest BCUT2D eigenvalue weighted by molar-refractivity contribution is 0.0767. The molecule has 1 N–H and O–H groups in total. The van der Waals surface area contributed by atoms with E-state index in [1.165, 1.54) is 16.7 Å². The number of morpholine rings is 1. The predicted molar refractivity (Wildman–Crippen MR) is 57.5 cm³/mol. The van der Waals surface area contributed by atoms with Gasteiger partial charge in [-0.3, -0.25) is 0 Å². The second kappa shape index (κ2) is 4.11. The lowest BCUT2D eigenvalue weighted by atomic mass is 9.99. The first-order valence-electron chi connectivity index (χ1n) is 5.15. The molecule has 0 unspecified atom stereocenters. The maximum atomic E-state index is 5.47. The summed E-state index contributed by atoms with van der Waals surface area (Å²) in [5.74, 6) is 0. The summed E-state index contributed by atoms with van der Waals surface area (Å²) in [7, 11) is 0. The highest BCUT2D eigenvalue weighted by molar-refractivity contribution is 5.33. The maximum Gasteiger partial charge on any atom is 0.0662 e. The standard InChI is InChI=1S/C12H17NO/c1-9-3-4-10(2)11(7-9)12-8-14-6-5-13-12/h3-4,7,12-13H,5-6,8H2,1-2H3/t12-/m0/s1. The van der Waals surface area contributed by atoms with Gasteiger partial charge in [0, 0.05) is 6.54 Å². The minimum atomic E-state index is 0.378. The van der Waals surface area contributed by atoms with Gasteiger partial charge in [-0.2, -0.15) is 0 Å². The SMILES string of the molecule is Cc1ccc(C)c([C@@H]2COCCN2)c1. The summed E-state index contributed by atoms with van der Waals surface area (Å²) in [5.41, 5.74) is 4.04. The molecule has 14 heavy (non-hydrogen) atoms. The topological polar surface area (TPSA) is 21.3 Å². The average molecular weight is 191 g/mol. The Kier molecular flexibility index (Phi) is 2.85. The molecule has 1 aromatic carbocycles. The fourth-order valence-corrected chi connectivity index (χ4v) is 1.90. The van der Waals surface area contributed by atoms with Crippen LogP contribution in [0.4, 0.5) is 0 Å². The van der Waals surface area contributed by atoms with Gasteiger partial charge in [0.2, 0.25) is 0 Å².